The van der Waals surface area contributed by atoms with Crippen LogP contribution in [0.4, 0.5) is 0 Å². The standard InChI is InChI=1S/C17H27NO/c1-3-18-17(15-8-4-5-9-15)12-11-14-7-6-10-16(13-14)19-2/h6-7,10,13,15,17-18H,3-5,8-9,11-12H2,1-2H3. The van der Waals surface area contributed by atoms with Crippen molar-refractivity contribution in [3.8, 4) is 5.75 Å². The molecular weight excluding hydrogens is 234 g/mol. The summed E-state index contributed by atoms with van der Waals surface area (Å²) in [5.74, 6) is 1.86. The van der Waals surface area contributed by atoms with Gasteiger partial charge in [0.1, 0.15) is 5.75 Å². The molecule has 0 amide bonds. The van der Waals surface area contributed by atoms with Gasteiger partial charge in [-0.15, -0.1) is 0 Å². The Bertz CT molecular complexity index is 371. The van der Waals surface area contributed by atoms with Gasteiger partial charge in [0.25, 0.3) is 0 Å². The zero-order chi connectivity index (χ0) is 13.5. The highest BCUT2D eigenvalue weighted by molar-refractivity contribution is 5.28. The second-order valence-corrected chi connectivity index (χ2v) is 5.60. The molecule has 0 aliphatic heterocycles. The molecule has 1 unspecified atom stereocenters. The minimum absolute atomic E-state index is 0.693. The summed E-state index contributed by atoms with van der Waals surface area (Å²) in [6.07, 6.45) is 8.06. The number of nitrogens with one attached hydrogen (secondary N) is 1. The molecule has 1 aromatic rings. The summed E-state index contributed by atoms with van der Waals surface area (Å²) in [7, 11) is 1.74. The van der Waals surface area contributed by atoms with Crippen molar-refractivity contribution in [3.63, 3.8) is 0 Å². The molecule has 1 fully saturated rings. The fourth-order valence-corrected chi connectivity index (χ4v) is 3.28. The number of rotatable bonds is 7. The van der Waals surface area contributed by atoms with Crippen molar-refractivity contribution in [3.05, 3.63) is 29.8 Å². The van der Waals surface area contributed by atoms with Gasteiger partial charge in [-0.3, -0.25) is 0 Å². The number of ether oxygens (including phenoxy) is 1. The summed E-state index contributed by atoms with van der Waals surface area (Å²) in [6, 6.07) is 9.17. The molecule has 2 rings (SSSR count). The first-order chi connectivity index (χ1) is 9.33. The van der Waals surface area contributed by atoms with Gasteiger partial charge in [0.05, 0.1) is 7.11 Å². The Balaban J connectivity index is 1.89. The molecular formula is C17H27NO. The van der Waals surface area contributed by atoms with Crippen LogP contribution < -0.4 is 10.1 Å². The highest BCUT2D eigenvalue weighted by atomic mass is 16.5. The maximum absolute atomic E-state index is 5.29. The summed E-state index contributed by atoms with van der Waals surface area (Å²) in [6.45, 7) is 3.30. The van der Waals surface area contributed by atoms with E-state index in [1.807, 2.05) is 6.07 Å². The largest absolute Gasteiger partial charge is 0.497 e. The van der Waals surface area contributed by atoms with E-state index in [9.17, 15) is 0 Å². The van der Waals surface area contributed by atoms with Crippen LogP contribution in [-0.2, 0) is 6.42 Å². The Morgan fingerprint density at radius 3 is 2.79 bits per heavy atom. The summed E-state index contributed by atoms with van der Waals surface area (Å²) in [4.78, 5) is 0. The minimum Gasteiger partial charge on any atom is -0.497 e. The van der Waals surface area contributed by atoms with Crippen LogP contribution in [0.3, 0.4) is 0 Å². The van der Waals surface area contributed by atoms with E-state index in [1.165, 1.54) is 37.7 Å². The van der Waals surface area contributed by atoms with Gasteiger partial charge in [0.2, 0.25) is 0 Å². The molecule has 0 radical (unpaired) electrons. The Labute approximate surface area is 117 Å². The van der Waals surface area contributed by atoms with Crippen LogP contribution in [-0.4, -0.2) is 19.7 Å². The lowest BCUT2D eigenvalue weighted by Gasteiger charge is -2.24. The monoisotopic (exact) mass is 261 g/mol. The van der Waals surface area contributed by atoms with Crippen LogP contribution in [0.25, 0.3) is 0 Å². The van der Waals surface area contributed by atoms with E-state index in [0.29, 0.717) is 6.04 Å². The first-order valence-corrected chi connectivity index (χ1v) is 7.69. The molecule has 1 atom stereocenters. The van der Waals surface area contributed by atoms with E-state index in [0.717, 1.165) is 24.6 Å². The maximum atomic E-state index is 5.29. The topological polar surface area (TPSA) is 21.3 Å². The average Bonchev–Trinajstić information content (AvgIpc) is 2.97. The number of benzene rings is 1. The predicted octanol–water partition coefficient (Wildman–Crippen LogP) is 3.80. The van der Waals surface area contributed by atoms with E-state index in [2.05, 4.69) is 30.4 Å². The van der Waals surface area contributed by atoms with E-state index in [1.54, 1.807) is 7.11 Å². The van der Waals surface area contributed by atoms with Crippen molar-refractivity contribution in [1.82, 2.24) is 5.32 Å². The summed E-state index contributed by atoms with van der Waals surface area (Å²) < 4.78 is 5.29. The molecule has 2 heteroatoms. The van der Waals surface area contributed by atoms with Gasteiger partial charge in [-0.2, -0.15) is 0 Å². The zero-order valence-corrected chi connectivity index (χ0v) is 12.3. The van der Waals surface area contributed by atoms with E-state index < -0.39 is 0 Å². The molecule has 19 heavy (non-hydrogen) atoms. The molecule has 1 saturated carbocycles. The molecule has 0 spiro atoms. The van der Waals surface area contributed by atoms with Crippen molar-refractivity contribution in [2.24, 2.45) is 5.92 Å². The van der Waals surface area contributed by atoms with Gasteiger partial charge in [0.15, 0.2) is 0 Å². The Hall–Kier alpha value is -1.02. The quantitative estimate of drug-likeness (QED) is 0.806. The highest BCUT2D eigenvalue weighted by Gasteiger charge is 2.23. The fourth-order valence-electron chi connectivity index (χ4n) is 3.28. The Morgan fingerprint density at radius 2 is 2.11 bits per heavy atom. The minimum atomic E-state index is 0.693. The molecule has 106 valence electrons. The molecule has 2 nitrogen and oxygen atoms in total. The first kappa shape index (κ1) is 14.4. The third kappa shape index (κ3) is 4.24. The highest BCUT2D eigenvalue weighted by Crippen LogP contribution is 2.29. The number of methoxy groups -OCH3 is 1. The zero-order valence-electron chi connectivity index (χ0n) is 12.3. The second-order valence-electron chi connectivity index (χ2n) is 5.60. The Morgan fingerprint density at radius 1 is 1.32 bits per heavy atom. The van der Waals surface area contributed by atoms with Crippen LogP contribution in [0.15, 0.2) is 24.3 Å². The van der Waals surface area contributed by atoms with E-state index in [4.69, 9.17) is 4.74 Å². The van der Waals surface area contributed by atoms with Crippen LogP contribution >= 0.6 is 0 Å². The smallest absolute Gasteiger partial charge is 0.119 e. The number of hydrogen-bond acceptors (Lipinski definition) is 2. The molecule has 0 aromatic heterocycles. The molecule has 0 saturated heterocycles. The van der Waals surface area contributed by atoms with Crippen molar-refractivity contribution < 1.29 is 4.74 Å². The summed E-state index contributed by atoms with van der Waals surface area (Å²) in [5, 5.41) is 3.69. The van der Waals surface area contributed by atoms with Gasteiger partial charge in [-0.25, -0.2) is 0 Å². The summed E-state index contributed by atoms with van der Waals surface area (Å²) >= 11 is 0. The third-order valence-electron chi connectivity index (χ3n) is 4.31. The number of aryl methyl sites for hydroxylation is 1. The van der Waals surface area contributed by atoms with E-state index >= 15 is 0 Å². The lowest BCUT2D eigenvalue weighted by atomic mass is 9.92. The lowest BCUT2D eigenvalue weighted by Crippen LogP contribution is -2.35. The molecule has 1 N–H and O–H groups in total. The van der Waals surface area contributed by atoms with Gasteiger partial charge >= 0.3 is 0 Å². The SMILES string of the molecule is CCNC(CCc1cccc(OC)c1)C1CCCC1. The normalized spacial score (nSPS) is 17.6. The third-order valence-corrected chi connectivity index (χ3v) is 4.31. The second kappa shape index (κ2) is 7.54. The molecule has 1 aliphatic carbocycles. The van der Waals surface area contributed by atoms with Crippen molar-refractivity contribution >= 4 is 0 Å². The van der Waals surface area contributed by atoms with Gasteiger partial charge in [0, 0.05) is 6.04 Å². The maximum Gasteiger partial charge on any atom is 0.119 e. The fraction of sp³-hybridized carbons (Fsp3) is 0.647. The van der Waals surface area contributed by atoms with Gasteiger partial charge in [-0.05, 0) is 55.8 Å². The van der Waals surface area contributed by atoms with Crippen molar-refractivity contribution in [2.75, 3.05) is 13.7 Å². The van der Waals surface area contributed by atoms with Crippen molar-refractivity contribution in [1.29, 1.82) is 0 Å². The molecule has 1 aromatic carbocycles. The molecule has 0 bridgehead atoms. The molecule has 0 heterocycles. The Kier molecular flexibility index (Phi) is 5.71. The average molecular weight is 261 g/mol. The van der Waals surface area contributed by atoms with Crippen molar-refractivity contribution in [2.45, 2.75) is 51.5 Å². The van der Waals surface area contributed by atoms with E-state index in [-0.39, 0.29) is 0 Å². The van der Waals surface area contributed by atoms with Crippen LogP contribution in [0, 0.1) is 5.92 Å². The predicted molar refractivity (Wildman–Crippen MR) is 80.7 cm³/mol. The van der Waals surface area contributed by atoms with Crippen LogP contribution in [0.5, 0.6) is 5.75 Å². The number of hydrogen-bond donors (Lipinski definition) is 1. The first-order valence-electron chi connectivity index (χ1n) is 7.69. The lowest BCUT2D eigenvalue weighted by molar-refractivity contribution is 0.346. The van der Waals surface area contributed by atoms with Crippen LogP contribution in [0.2, 0.25) is 0 Å². The summed E-state index contributed by atoms with van der Waals surface area (Å²) in [5.41, 5.74) is 1.39. The molecule has 1 aliphatic rings. The van der Waals surface area contributed by atoms with Gasteiger partial charge in [-0.1, -0.05) is 31.9 Å². The van der Waals surface area contributed by atoms with Crippen LogP contribution in [0.1, 0.15) is 44.6 Å². The van der Waals surface area contributed by atoms with Gasteiger partial charge < -0.3 is 10.1 Å².